The lowest BCUT2D eigenvalue weighted by molar-refractivity contribution is -0.125. The number of carbonyl (C=O) groups is 1. The first-order valence-corrected chi connectivity index (χ1v) is 11.8. The molecule has 4 rings (SSSR count). The van der Waals surface area contributed by atoms with Crippen LogP contribution >= 0.6 is 11.8 Å². The number of carbonyl (C=O) groups excluding carboxylic acids is 1. The first-order valence-electron chi connectivity index (χ1n) is 10.9. The summed E-state index contributed by atoms with van der Waals surface area (Å²) in [6, 6.07) is 15.8. The molecule has 0 aliphatic carbocycles. The first-order chi connectivity index (χ1) is 16.2. The molecule has 3 aromatic rings. The van der Waals surface area contributed by atoms with E-state index in [1.807, 2.05) is 36.4 Å². The minimum Gasteiger partial charge on any atom is -0.497 e. The van der Waals surface area contributed by atoms with E-state index in [2.05, 4.69) is 32.3 Å². The number of benzene rings is 2. The lowest BCUT2D eigenvalue weighted by atomic mass is 9.97. The van der Waals surface area contributed by atoms with Crippen LogP contribution in [-0.2, 0) is 11.3 Å². The van der Waals surface area contributed by atoms with Crippen molar-refractivity contribution in [2.75, 3.05) is 32.2 Å². The van der Waals surface area contributed by atoms with E-state index in [4.69, 9.17) is 9.47 Å². The van der Waals surface area contributed by atoms with Gasteiger partial charge in [0, 0.05) is 43.0 Å². The highest BCUT2D eigenvalue weighted by Crippen LogP contribution is 2.34. The minimum atomic E-state index is -0.108. The smallest absolute Gasteiger partial charge is 0.225 e. The fraction of sp³-hybridized carbons (Fsp3) is 0.320. The van der Waals surface area contributed by atoms with Gasteiger partial charge in [-0.2, -0.15) is 0 Å². The zero-order valence-electron chi connectivity index (χ0n) is 18.9. The largest absolute Gasteiger partial charge is 0.497 e. The number of ether oxygens (including phenoxy) is 2. The number of amides is 1. The molecular weight excluding hydrogens is 436 g/mol. The van der Waals surface area contributed by atoms with Gasteiger partial charge in [0.1, 0.15) is 16.5 Å². The van der Waals surface area contributed by atoms with Gasteiger partial charge in [-0.1, -0.05) is 30.0 Å². The Morgan fingerprint density at radius 1 is 1.09 bits per heavy atom. The number of hydrogen-bond acceptors (Lipinski definition) is 7. The van der Waals surface area contributed by atoms with Crippen molar-refractivity contribution in [1.29, 1.82) is 0 Å². The Labute approximate surface area is 198 Å². The fourth-order valence-electron chi connectivity index (χ4n) is 3.89. The molecule has 33 heavy (non-hydrogen) atoms. The van der Waals surface area contributed by atoms with Gasteiger partial charge in [-0.3, -0.25) is 4.79 Å². The molecule has 1 N–H and O–H groups in total. The fourth-order valence-corrected chi connectivity index (χ4v) is 4.80. The van der Waals surface area contributed by atoms with E-state index in [1.54, 1.807) is 38.4 Å². The highest BCUT2D eigenvalue weighted by Gasteiger charge is 2.28. The number of hydrogen-bond donors (Lipinski definition) is 1. The molecule has 172 valence electrons. The minimum absolute atomic E-state index is 0.0441. The molecule has 2 aromatic carbocycles. The van der Waals surface area contributed by atoms with Crippen LogP contribution < -0.4 is 19.7 Å². The molecule has 0 bridgehead atoms. The van der Waals surface area contributed by atoms with E-state index in [-0.39, 0.29) is 11.8 Å². The molecule has 1 atom stereocenters. The predicted octanol–water partition coefficient (Wildman–Crippen LogP) is 4.18. The molecule has 7 nitrogen and oxygen atoms in total. The molecule has 8 heteroatoms. The van der Waals surface area contributed by atoms with Gasteiger partial charge < -0.3 is 19.7 Å². The molecule has 0 saturated carbocycles. The van der Waals surface area contributed by atoms with Gasteiger partial charge in [-0.05, 0) is 42.7 Å². The van der Waals surface area contributed by atoms with Crippen molar-refractivity contribution in [3.8, 4) is 11.5 Å². The summed E-state index contributed by atoms with van der Waals surface area (Å²) in [6.07, 6.45) is 5.21. The Hall–Kier alpha value is -3.26. The van der Waals surface area contributed by atoms with E-state index in [9.17, 15) is 4.79 Å². The van der Waals surface area contributed by atoms with Crippen LogP contribution in [0.3, 0.4) is 0 Å². The SMILES string of the molecule is COc1cc(CNC(=O)C2CCCN(c3nccnc3Sc3ccccc3)C2)cc(OC)c1. The summed E-state index contributed by atoms with van der Waals surface area (Å²) in [5.41, 5.74) is 0.933. The number of piperidine rings is 1. The van der Waals surface area contributed by atoms with Crippen molar-refractivity contribution in [1.82, 2.24) is 15.3 Å². The summed E-state index contributed by atoms with van der Waals surface area (Å²) >= 11 is 1.59. The van der Waals surface area contributed by atoms with Crippen LogP contribution in [0.5, 0.6) is 11.5 Å². The second kappa shape index (κ2) is 11.0. The second-order valence-electron chi connectivity index (χ2n) is 7.82. The Balaban J connectivity index is 1.41. The number of methoxy groups -OCH3 is 2. The molecule has 1 aromatic heterocycles. The van der Waals surface area contributed by atoms with Crippen LogP contribution in [0.2, 0.25) is 0 Å². The third-order valence-corrected chi connectivity index (χ3v) is 6.56. The number of anilines is 1. The van der Waals surface area contributed by atoms with E-state index < -0.39 is 0 Å². The predicted molar refractivity (Wildman–Crippen MR) is 129 cm³/mol. The van der Waals surface area contributed by atoms with E-state index >= 15 is 0 Å². The molecule has 1 fully saturated rings. The Morgan fingerprint density at radius 3 is 2.55 bits per heavy atom. The van der Waals surface area contributed by atoms with Crippen molar-refractivity contribution in [2.45, 2.75) is 29.3 Å². The first kappa shape index (κ1) is 22.9. The molecule has 0 spiro atoms. The normalized spacial score (nSPS) is 15.7. The lowest BCUT2D eigenvalue weighted by Crippen LogP contribution is -2.43. The van der Waals surface area contributed by atoms with Gasteiger partial charge in [0.25, 0.3) is 0 Å². The average Bonchev–Trinajstić information content (AvgIpc) is 2.88. The standard InChI is InChI=1S/C25H28N4O3S/c1-31-20-13-18(14-21(15-20)32-2)16-28-24(30)19-7-6-12-29(17-19)23-25(27-11-10-26-23)33-22-8-4-3-5-9-22/h3-5,8-11,13-15,19H,6-7,12,16-17H2,1-2H3,(H,28,30). The van der Waals surface area contributed by atoms with Gasteiger partial charge in [0.15, 0.2) is 5.82 Å². The molecule has 2 heterocycles. The van der Waals surface area contributed by atoms with Crippen LogP contribution in [0, 0.1) is 5.92 Å². The number of nitrogens with zero attached hydrogens (tertiary/aromatic N) is 3. The maximum absolute atomic E-state index is 13.0. The second-order valence-corrected chi connectivity index (χ2v) is 8.89. The number of nitrogens with one attached hydrogen (secondary N) is 1. The number of rotatable bonds is 8. The molecule has 1 amide bonds. The van der Waals surface area contributed by atoms with E-state index in [1.165, 1.54) is 0 Å². The quantitative estimate of drug-likeness (QED) is 0.536. The highest BCUT2D eigenvalue weighted by atomic mass is 32.2. The summed E-state index contributed by atoms with van der Waals surface area (Å²) in [6.45, 7) is 1.90. The summed E-state index contributed by atoms with van der Waals surface area (Å²) in [7, 11) is 3.23. The van der Waals surface area contributed by atoms with Crippen LogP contribution in [0.1, 0.15) is 18.4 Å². The molecule has 1 aliphatic heterocycles. The van der Waals surface area contributed by atoms with Crippen molar-refractivity contribution in [3.63, 3.8) is 0 Å². The maximum Gasteiger partial charge on any atom is 0.225 e. The summed E-state index contributed by atoms with van der Waals surface area (Å²) in [5, 5.41) is 3.93. The zero-order chi connectivity index (χ0) is 23.0. The third kappa shape index (κ3) is 5.96. The number of aromatic nitrogens is 2. The Morgan fingerprint density at radius 2 is 1.82 bits per heavy atom. The zero-order valence-corrected chi connectivity index (χ0v) is 19.7. The van der Waals surface area contributed by atoms with Gasteiger partial charge in [0.2, 0.25) is 5.91 Å². The lowest BCUT2D eigenvalue weighted by Gasteiger charge is -2.33. The Kier molecular flexibility index (Phi) is 7.67. The van der Waals surface area contributed by atoms with Gasteiger partial charge in [0.05, 0.1) is 20.1 Å². The van der Waals surface area contributed by atoms with Crippen molar-refractivity contribution < 1.29 is 14.3 Å². The topological polar surface area (TPSA) is 76.6 Å². The van der Waals surface area contributed by atoms with Crippen LogP contribution in [0.4, 0.5) is 5.82 Å². The van der Waals surface area contributed by atoms with Crippen LogP contribution in [0.25, 0.3) is 0 Å². The van der Waals surface area contributed by atoms with Crippen LogP contribution in [-0.4, -0.2) is 43.2 Å². The van der Waals surface area contributed by atoms with Gasteiger partial charge in [-0.15, -0.1) is 0 Å². The maximum atomic E-state index is 13.0. The van der Waals surface area contributed by atoms with E-state index in [0.717, 1.165) is 40.7 Å². The molecule has 0 radical (unpaired) electrons. The van der Waals surface area contributed by atoms with Gasteiger partial charge >= 0.3 is 0 Å². The summed E-state index contributed by atoms with van der Waals surface area (Å²) < 4.78 is 10.6. The van der Waals surface area contributed by atoms with E-state index in [0.29, 0.717) is 24.6 Å². The van der Waals surface area contributed by atoms with Crippen molar-refractivity contribution >= 4 is 23.5 Å². The molecular formula is C25H28N4O3S. The van der Waals surface area contributed by atoms with Crippen molar-refractivity contribution in [3.05, 3.63) is 66.5 Å². The highest BCUT2D eigenvalue weighted by molar-refractivity contribution is 7.99. The molecule has 1 unspecified atom stereocenters. The Bertz CT molecular complexity index is 1060. The monoisotopic (exact) mass is 464 g/mol. The van der Waals surface area contributed by atoms with Crippen molar-refractivity contribution in [2.24, 2.45) is 5.92 Å². The summed E-state index contributed by atoms with van der Waals surface area (Å²) in [5.74, 6) is 2.17. The third-order valence-electron chi connectivity index (χ3n) is 5.57. The van der Waals surface area contributed by atoms with Crippen LogP contribution in [0.15, 0.2) is 70.8 Å². The molecule has 1 aliphatic rings. The average molecular weight is 465 g/mol. The molecule has 1 saturated heterocycles. The summed E-state index contributed by atoms with van der Waals surface area (Å²) in [4.78, 5) is 25.5. The van der Waals surface area contributed by atoms with Gasteiger partial charge in [-0.25, -0.2) is 9.97 Å².